The molecular formula is C24H27N5OS. The number of benzene rings is 2. The Morgan fingerprint density at radius 2 is 1.90 bits per heavy atom. The molecule has 1 amide bonds. The highest BCUT2D eigenvalue weighted by Crippen LogP contribution is 2.28. The van der Waals surface area contributed by atoms with Gasteiger partial charge in [0.05, 0.1) is 17.7 Å². The van der Waals surface area contributed by atoms with Crippen molar-refractivity contribution in [2.45, 2.75) is 32.9 Å². The molecule has 7 heteroatoms. The molecule has 0 saturated heterocycles. The Balaban J connectivity index is 1.91. The highest BCUT2D eigenvalue weighted by molar-refractivity contribution is 7.99. The standard InChI is InChI=1S/C24H27N5OS/c1-5-28(15-19(4)14-25)22(30)16-31-24-27-26-23(20-8-6-7-18(3)13-20)29(24)21-11-9-17(2)10-12-21/h6-13,19H,5,15-16H2,1-4H3. The van der Waals surface area contributed by atoms with Crippen molar-refractivity contribution in [1.82, 2.24) is 19.7 Å². The van der Waals surface area contributed by atoms with Crippen LogP contribution in [0.15, 0.2) is 53.7 Å². The Bertz CT molecular complexity index is 1080. The van der Waals surface area contributed by atoms with Gasteiger partial charge in [0, 0.05) is 24.3 Å². The SMILES string of the molecule is CCN(CC(C)C#N)C(=O)CSc1nnc(-c2cccc(C)c2)n1-c1ccc(C)cc1. The van der Waals surface area contributed by atoms with Crippen LogP contribution in [0.4, 0.5) is 0 Å². The average molecular weight is 434 g/mol. The smallest absolute Gasteiger partial charge is 0.233 e. The topological polar surface area (TPSA) is 74.8 Å². The van der Waals surface area contributed by atoms with Crippen molar-refractivity contribution in [2.75, 3.05) is 18.8 Å². The van der Waals surface area contributed by atoms with E-state index in [9.17, 15) is 4.79 Å². The summed E-state index contributed by atoms with van der Waals surface area (Å²) >= 11 is 1.37. The Morgan fingerprint density at radius 3 is 2.55 bits per heavy atom. The first-order valence-corrected chi connectivity index (χ1v) is 11.3. The van der Waals surface area contributed by atoms with Gasteiger partial charge in [0.15, 0.2) is 11.0 Å². The molecule has 0 fully saturated rings. The summed E-state index contributed by atoms with van der Waals surface area (Å²) in [4.78, 5) is 14.5. The van der Waals surface area contributed by atoms with Crippen molar-refractivity contribution < 1.29 is 4.79 Å². The van der Waals surface area contributed by atoms with Crippen molar-refractivity contribution in [3.8, 4) is 23.1 Å². The minimum absolute atomic E-state index is 0.00911. The zero-order valence-electron chi connectivity index (χ0n) is 18.4. The molecule has 160 valence electrons. The first-order valence-electron chi connectivity index (χ1n) is 10.3. The number of carbonyl (C=O) groups is 1. The maximum absolute atomic E-state index is 12.8. The largest absolute Gasteiger partial charge is 0.341 e. The summed E-state index contributed by atoms with van der Waals surface area (Å²) in [7, 11) is 0. The number of aryl methyl sites for hydroxylation is 2. The van der Waals surface area contributed by atoms with E-state index in [2.05, 4.69) is 34.5 Å². The normalized spacial score (nSPS) is 11.7. The maximum Gasteiger partial charge on any atom is 0.233 e. The number of nitriles is 1. The third-order valence-electron chi connectivity index (χ3n) is 4.98. The number of nitrogens with zero attached hydrogens (tertiary/aromatic N) is 5. The molecule has 0 saturated carbocycles. The number of thioether (sulfide) groups is 1. The van der Waals surface area contributed by atoms with Crippen molar-refractivity contribution in [3.63, 3.8) is 0 Å². The highest BCUT2D eigenvalue weighted by Gasteiger charge is 2.20. The molecule has 0 N–H and O–H groups in total. The molecule has 0 aliphatic rings. The van der Waals surface area contributed by atoms with Crippen LogP contribution in [0.3, 0.4) is 0 Å². The fourth-order valence-electron chi connectivity index (χ4n) is 3.26. The van der Waals surface area contributed by atoms with E-state index in [0.29, 0.717) is 18.2 Å². The van der Waals surface area contributed by atoms with Gasteiger partial charge >= 0.3 is 0 Å². The first-order chi connectivity index (χ1) is 14.9. The van der Waals surface area contributed by atoms with Gasteiger partial charge in [-0.2, -0.15) is 5.26 Å². The van der Waals surface area contributed by atoms with Gasteiger partial charge in [-0.25, -0.2) is 0 Å². The van der Waals surface area contributed by atoms with E-state index in [-0.39, 0.29) is 17.6 Å². The summed E-state index contributed by atoms with van der Waals surface area (Å²) in [6, 6.07) is 18.5. The fourth-order valence-corrected chi connectivity index (χ4v) is 4.11. The van der Waals surface area contributed by atoms with E-state index >= 15 is 0 Å². The van der Waals surface area contributed by atoms with E-state index in [1.807, 2.05) is 62.6 Å². The highest BCUT2D eigenvalue weighted by atomic mass is 32.2. The number of hydrogen-bond acceptors (Lipinski definition) is 5. The summed E-state index contributed by atoms with van der Waals surface area (Å²) in [6.07, 6.45) is 0. The third-order valence-corrected chi connectivity index (χ3v) is 5.89. The lowest BCUT2D eigenvalue weighted by atomic mass is 10.1. The second kappa shape index (κ2) is 10.3. The molecule has 6 nitrogen and oxygen atoms in total. The molecular weight excluding hydrogens is 406 g/mol. The van der Waals surface area contributed by atoms with Crippen LogP contribution in [0, 0.1) is 31.1 Å². The van der Waals surface area contributed by atoms with E-state index in [4.69, 9.17) is 5.26 Å². The van der Waals surface area contributed by atoms with E-state index < -0.39 is 0 Å². The van der Waals surface area contributed by atoms with Gasteiger partial charge < -0.3 is 4.90 Å². The molecule has 1 atom stereocenters. The third kappa shape index (κ3) is 5.53. The lowest BCUT2D eigenvalue weighted by Gasteiger charge is -2.21. The van der Waals surface area contributed by atoms with Gasteiger partial charge in [-0.05, 0) is 45.9 Å². The molecule has 3 aromatic rings. The van der Waals surface area contributed by atoms with Crippen molar-refractivity contribution in [3.05, 3.63) is 59.7 Å². The molecule has 0 aliphatic carbocycles. The van der Waals surface area contributed by atoms with Crippen molar-refractivity contribution in [1.29, 1.82) is 5.26 Å². The second-order valence-electron chi connectivity index (χ2n) is 7.60. The van der Waals surface area contributed by atoms with Crippen molar-refractivity contribution in [2.24, 2.45) is 5.92 Å². The summed E-state index contributed by atoms with van der Waals surface area (Å²) in [5.41, 5.74) is 4.24. The van der Waals surface area contributed by atoms with Gasteiger partial charge in [-0.3, -0.25) is 9.36 Å². The number of rotatable bonds is 8. The predicted octanol–water partition coefficient (Wildman–Crippen LogP) is 4.65. The number of amides is 1. The summed E-state index contributed by atoms with van der Waals surface area (Å²) in [5.74, 6) is 0.778. The zero-order valence-corrected chi connectivity index (χ0v) is 19.2. The number of carbonyl (C=O) groups excluding carboxylic acids is 1. The molecule has 0 radical (unpaired) electrons. The molecule has 0 aliphatic heterocycles. The van der Waals surface area contributed by atoms with Crippen LogP contribution < -0.4 is 0 Å². The minimum Gasteiger partial charge on any atom is -0.341 e. The molecule has 1 heterocycles. The molecule has 1 aromatic heterocycles. The number of hydrogen-bond donors (Lipinski definition) is 0. The van der Waals surface area contributed by atoms with Crippen molar-refractivity contribution >= 4 is 17.7 Å². The molecule has 31 heavy (non-hydrogen) atoms. The van der Waals surface area contributed by atoms with Crippen LogP contribution >= 0.6 is 11.8 Å². The van der Waals surface area contributed by atoms with Gasteiger partial charge in [0.2, 0.25) is 5.91 Å². The summed E-state index contributed by atoms with van der Waals surface area (Å²) in [5, 5.41) is 18.6. The molecule has 2 aromatic carbocycles. The monoisotopic (exact) mass is 433 g/mol. The summed E-state index contributed by atoms with van der Waals surface area (Å²) in [6.45, 7) is 8.86. The van der Waals surface area contributed by atoms with Crippen LogP contribution in [0.1, 0.15) is 25.0 Å². The minimum atomic E-state index is -0.196. The van der Waals surface area contributed by atoms with Gasteiger partial charge in [-0.15, -0.1) is 10.2 Å². The van der Waals surface area contributed by atoms with E-state index in [1.165, 1.54) is 17.3 Å². The summed E-state index contributed by atoms with van der Waals surface area (Å²) < 4.78 is 2.00. The molecule has 0 spiro atoms. The average Bonchev–Trinajstić information content (AvgIpc) is 3.20. The lowest BCUT2D eigenvalue weighted by Crippen LogP contribution is -2.35. The van der Waals surface area contributed by atoms with Crippen LogP contribution in [0.5, 0.6) is 0 Å². The Hall–Kier alpha value is -3.11. The van der Waals surface area contributed by atoms with Crippen LogP contribution in [0.25, 0.3) is 17.1 Å². The Labute approximate surface area is 187 Å². The van der Waals surface area contributed by atoms with Gasteiger partial charge in [0.25, 0.3) is 0 Å². The lowest BCUT2D eigenvalue weighted by molar-refractivity contribution is -0.128. The zero-order chi connectivity index (χ0) is 22.4. The number of aromatic nitrogens is 3. The predicted molar refractivity (Wildman–Crippen MR) is 124 cm³/mol. The quantitative estimate of drug-likeness (QED) is 0.483. The van der Waals surface area contributed by atoms with Crippen LogP contribution in [-0.4, -0.2) is 44.4 Å². The molecule has 1 unspecified atom stereocenters. The maximum atomic E-state index is 12.8. The molecule has 0 bridgehead atoms. The molecule has 3 rings (SSSR count). The van der Waals surface area contributed by atoms with Crippen LogP contribution in [-0.2, 0) is 4.79 Å². The second-order valence-corrected chi connectivity index (χ2v) is 8.54. The van der Waals surface area contributed by atoms with E-state index in [0.717, 1.165) is 22.6 Å². The van der Waals surface area contributed by atoms with Gasteiger partial charge in [-0.1, -0.05) is 53.2 Å². The fraction of sp³-hybridized carbons (Fsp3) is 0.333. The first kappa shape index (κ1) is 22.6. The van der Waals surface area contributed by atoms with Gasteiger partial charge in [0.1, 0.15) is 0 Å². The van der Waals surface area contributed by atoms with E-state index in [1.54, 1.807) is 4.90 Å². The van der Waals surface area contributed by atoms with Crippen LogP contribution in [0.2, 0.25) is 0 Å². The Morgan fingerprint density at radius 1 is 1.16 bits per heavy atom. The Kier molecular flexibility index (Phi) is 7.48.